The molecule has 30 heavy (non-hydrogen) atoms. The first-order valence-corrected chi connectivity index (χ1v) is 10.3. The molecule has 1 fully saturated rings. The Bertz CT molecular complexity index is 666. The lowest BCUT2D eigenvalue weighted by atomic mass is 10.1. The van der Waals surface area contributed by atoms with Crippen molar-refractivity contribution in [2.45, 2.75) is 52.0 Å². The Morgan fingerprint density at radius 3 is 2.60 bits per heavy atom. The molecule has 0 amide bonds. The molecule has 0 saturated carbocycles. The molecule has 1 aromatic carbocycles. The van der Waals surface area contributed by atoms with Gasteiger partial charge in [0.25, 0.3) is 0 Å². The van der Waals surface area contributed by atoms with Gasteiger partial charge in [-0.3, -0.25) is 4.99 Å². The van der Waals surface area contributed by atoms with Gasteiger partial charge >= 0.3 is 6.61 Å². The number of nitrogens with zero attached hydrogens (tertiary/aromatic N) is 2. The smallest absolute Gasteiger partial charge is 0.387 e. The Morgan fingerprint density at radius 1 is 1.27 bits per heavy atom. The van der Waals surface area contributed by atoms with E-state index in [0.29, 0.717) is 29.9 Å². The highest BCUT2D eigenvalue weighted by molar-refractivity contribution is 5.80. The van der Waals surface area contributed by atoms with E-state index in [1.807, 2.05) is 13.8 Å². The quantitative estimate of drug-likeness (QED) is 0.441. The molecule has 1 aliphatic rings. The predicted molar refractivity (Wildman–Crippen MR) is 114 cm³/mol. The van der Waals surface area contributed by atoms with Crippen LogP contribution in [0.2, 0.25) is 0 Å². The Balaban J connectivity index is 1.82. The molecule has 0 atom stereocenters. The summed E-state index contributed by atoms with van der Waals surface area (Å²) < 4.78 is 40.8. The molecule has 1 aliphatic heterocycles. The largest absolute Gasteiger partial charge is 0.497 e. The lowest BCUT2D eigenvalue weighted by molar-refractivity contribution is -0.0505. The van der Waals surface area contributed by atoms with Crippen LogP contribution in [0.5, 0.6) is 11.5 Å². The van der Waals surface area contributed by atoms with Gasteiger partial charge in [0.05, 0.1) is 19.8 Å². The number of methoxy groups -OCH3 is 1. The molecule has 170 valence electrons. The molecule has 0 aliphatic carbocycles. The number of nitrogens with one attached hydrogen (secondary N) is 2. The molecule has 0 aromatic heterocycles. The molecule has 1 aromatic rings. The molecule has 1 heterocycles. The SMILES string of the molecule is CN=C(NCc1ccc(OC)cc1OC(F)F)NC1CCN(CCOC(C)C)CC1. The van der Waals surface area contributed by atoms with Crippen LogP contribution >= 0.6 is 0 Å². The number of benzene rings is 1. The minimum Gasteiger partial charge on any atom is -0.497 e. The average Bonchev–Trinajstić information content (AvgIpc) is 2.72. The van der Waals surface area contributed by atoms with E-state index in [1.54, 1.807) is 19.2 Å². The van der Waals surface area contributed by atoms with Crippen LogP contribution < -0.4 is 20.1 Å². The van der Waals surface area contributed by atoms with Crippen LogP contribution in [0.1, 0.15) is 32.3 Å². The summed E-state index contributed by atoms with van der Waals surface area (Å²) in [4.78, 5) is 6.66. The Morgan fingerprint density at radius 2 is 2.00 bits per heavy atom. The normalized spacial score (nSPS) is 16.2. The lowest BCUT2D eigenvalue weighted by Gasteiger charge is -2.33. The zero-order chi connectivity index (χ0) is 21.9. The third kappa shape index (κ3) is 8.31. The van der Waals surface area contributed by atoms with Crippen molar-refractivity contribution in [2.75, 3.05) is 40.4 Å². The molecule has 2 rings (SSSR count). The maximum atomic E-state index is 12.7. The average molecular weight is 429 g/mol. The van der Waals surface area contributed by atoms with Crippen LogP contribution in [-0.4, -0.2) is 70.0 Å². The number of aliphatic imine (C=N–C) groups is 1. The van der Waals surface area contributed by atoms with Crippen LogP contribution in [0.4, 0.5) is 8.78 Å². The molecule has 9 heteroatoms. The Kier molecular flexibility index (Phi) is 10.1. The predicted octanol–water partition coefficient (Wildman–Crippen LogP) is 2.85. The lowest BCUT2D eigenvalue weighted by Crippen LogP contribution is -2.49. The Hall–Kier alpha value is -2.13. The monoisotopic (exact) mass is 428 g/mol. The van der Waals surface area contributed by atoms with Gasteiger partial charge in [-0.25, -0.2) is 0 Å². The number of piperidine rings is 1. The molecule has 0 unspecified atom stereocenters. The van der Waals surface area contributed by atoms with Crippen molar-refractivity contribution in [2.24, 2.45) is 4.99 Å². The van der Waals surface area contributed by atoms with E-state index in [9.17, 15) is 8.78 Å². The van der Waals surface area contributed by atoms with Crippen LogP contribution in [-0.2, 0) is 11.3 Å². The van der Waals surface area contributed by atoms with Crippen molar-refractivity contribution in [1.82, 2.24) is 15.5 Å². The van der Waals surface area contributed by atoms with Crippen molar-refractivity contribution < 1.29 is 23.0 Å². The number of likely N-dealkylation sites (tertiary alicyclic amines) is 1. The van der Waals surface area contributed by atoms with E-state index in [1.165, 1.54) is 13.2 Å². The van der Waals surface area contributed by atoms with Gasteiger partial charge in [0.1, 0.15) is 11.5 Å². The summed E-state index contributed by atoms with van der Waals surface area (Å²) >= 11 is 0. The number of ether oxygens (including phenoxy) is 3. The molecule has 0 radical (unpaired) electrons. The van der Waals surface area contributed by atoms with Crippen LogP contribution in [0.15, 0.2) is 23.2 Å². The summed E-state index contributed by atoms with van der Waals surface area (Å²) in [5, 5.41) is 6.60. The molecule has 1 saturated heterocycles. The van der Waals surface area contributed by atoms with Crippen molar-refractivity contribution in [3.63, 3.8) is 0 Å². The summed E-state index contributed by atoms with van der Waals surface area (Å²) in [5.74, 6) is 1.18. The maximum absolute atomic E-state index is 12.7. The summed E-state index contributed by atoms with van der Waals surface area (Å²) in [6.45, 7) is 5.20. The molecule has 2 N–H and O–H groups in total. The van der Waals surface area contributed by atoms with E-state index in [0.717, 1.165) is 39.1 Å². The second kappa shape index (κ2) is 12.5. The van der Waals surface area contributed by atoms with E-state index in [4.69, 9.17) is 9.47 Å². The number of hydrogen-bond acceptors (Lipinski definition) is 5. The van der Waals surface area contributed by atoms with Crippen molar-refractivity contribution in [3.8, 4) is 11.5 Å². The second-order valence-electron chi connectivity index (χ2n) is 7.46. The standard InChI is InChI=1S/C21H34F2N4O3/c1-15(2)29-12-11-27-9-7-17(8-10-27)26-21(24-3)25-14-16-5-6-18(28-4)13-19(16)30-20(22)23/h5-6,13,15,17,20H,7-12,14H2,1-4H3,(H2,24,25,26). The highest BCUT2D eigenvalue weighted by atomic mass is 19.3. The van der Waals surface area contributed by atoms with Gasteiger partial charge in [0.15, 0.2) is 5.96 Å². The van der Waals surface area contributed by atoms with Gasteiger partial charge in [0.2, 0.25) is 0 Å². The Labute approximate surface area is 177 Å². The fraction of sp³-hybridized carbons (Fsp3) is 0.667. The van der Waals surface area contributed by atoms with Crippen LogP contribution in [0.25, 0.3) is 0 Å². The number of alkyl halides is 2. The minimum absolute atomic E-state index is 0.0872. The molecule has 0 bridgehead atoms. The highest BCUT2D eigenvalue weighted by Crippen LogP contribution is 2.26. The first-order valence-electron chi connectivity index (χ1n) is 10.3. The van der Waals surface area contributed by atoms with Crippen molar-refractivity contribution in [1.29, 1.82) is 0 Å². The topological polar surface area (TPSA) is 67.4 Å². The third-order valence-corrected chi connectivity index (χ3v) is 4.95. The third-order valence-electron chi connectivity index (χ3n) is 4.95. The van der Waals surface area contributed by atoms with Crippen molar-refractivity contribution in [3.05, 3.63) is 23.8 Å². The number of guanidine groups is 1. The van der Waals surface area contributed by atoms with E-state index in [2.05, 4.69) is 25.3 Å². The zero-order valence-corrected chi connectivity index (χ0v) is 18.3. The number of hydrogen-bond donors (Lipinski definition) is 2. The van der Waals surface area contributed by atoms with E-state index in [-0.39, 0.29) is 11.9 Å². The maximum Gasteiger partial charge on any atom is 0.387 e. The van der Waals surface area contributed by atoms with Crippen LogP contribution in [0.3, 0.4) is 0 Å². The fourth-order valence-corrected chi connectivity index (χ4v) is 3.30. The zero-order valence-electron chi connectivity index (χ0n) is 18.3. The van der Waals surface area contributed by atoms with Gasteiger partial charge < -0.3 is 29.7 Å². The number of rotatable bonds is 10. The summed E-state index contributed by atoms with van der Waals surface area (Å²) in [7, 11) is 3.17. The summed E-state index contributed by atoms with van der Waals surface area (Å²) in [5.41, 5.74) is 0.596. The molecular formula is C21H34F2N4O3. The molecule has 7 nitrogen and oxygen atoms in total. The fourth-order valence-electron chi connectivity index (χ4n) is 3.30. The van der Waals surface area contributed by atoms with Gasteiger partial charge in [0, 0.05) is 50.9 Å². The van der Waals surface area contributed by atoms with Gasteiger partial charge in [-0.1, -0.05) is 0 Å². The van der Waals surface area contributed by atoms with Gasteiger partial charge in [-0.05, 0) is 38.8 Å². The first kappa shape index (κ1) is 24.1. The van der Waals surface area contributed by atoms with Crippen LogP contribution in [0, 0.1) is 0 Å². The van der Waals surface area contributed by atoms with E-state index >= 15 is 0 Å². The minimum atomic E-state index is -2.90. The van der Waals surface area contributed by atoms with Crippen molar-refractivity contribution >= 4 is 5.96 Å². The summed E-state index contributed by atoms with van der Waals surface area (Å²) in [6, 6.07) is 5.18. The molecule has 0 spiro atoms. The highest BCUT2D eigenvalue weighted by Gasteiger charge is 2.20. The first-order chi connectivity index (χ1) is 14.4. The van der Waals surface area contributed by atoms with Gasteiger partial charge in [-0.2, -0.15) is 8.78 Å². The van der Waals surface area contributed by atoms with E-state index < -0.39 is 6.61 Å². The molecular weight excluding hydrogens is 394 g/mol. The van der Waals surface area contributed by atoms with Gasteiger partial charge in [-0.15, -0.1) is 0 Å². The number of halogens is 2. The second-order valence-corrected chi connectivity index (χ2v) is 7.46. The summed E-state index contributed by atoms with van der Waals surface area (Å²) in [6.07, 6.45) is 2.27.